The van der Waals surface area contributed by atoms with Crippen molar-refractivity contribution in [3.63, 3.8) is 0 Å². The molecular weight excluding hydrogens is 374 g/mol. The second-order valence-corrected chi connectivity index (χ2v) is 7.61. The van der Waals surface area contributed by atoms with E-state index in [1.165, 1.54) is 0 Å². The fourth-order valence-electron chi connectivity index (χ4n) is 3.54. The second-order valence-electron chi connectivity index (χ2n) is 7.61. The fourth-order valence-corrected chi connectivity index (χ4v) is 3.54. The number of aliphatic imine (C=N–C) groups is 1. The Balaban J connectivity index is 1.57. The first-order chi connectivity index (χ1) is 14.6. The fraction of sp³-hybridized carbons (Fsp3) is 0.240. The third kappa shape index (κ3) is 4.74. The Morgan fingerprint density at radius 1 is 0.933 bits per heavy atom. The van der Waals surface area contributed by atoms with Gasteiger partial charge in [-0.15, -0.1) is 0 Å². The van der Waals surface area contributed by atoms with Crippen LogP contribution in [-0.2, 0) is 12.2 Å². The maximum absolute atomic E-state index is 6.62. The van der Waals surface area contributed by atoms with Crippen LogP contribution in [0.4, 0.5) is 5.69 Å². The lowest BCUT2D eigenvalue weighted by Crippen LogP contribution is -2.36. The lowest BCUT2D eigenvalue weighted by molar-refractivity contribution is 0.0884. The Morgan fingerprint density at radius 2 is 1.63 bits per heavy atom. The minimum atomic E-state index is -0.585. The van der Waals surface area contributed by atoms with Crippen molar-refractivity contribution >= 4 is 11.5 Å². The van der Waals surface area contributed by atoms with Crippen LogP contribution in [0.3, 0.4) is 0 Å². The van der Waals surface area contributed by atoms with Gasteiger partial charge in [0.25, 0.3) is 0 Å². The van der Waals surface area contributed by atoms with Gasteiger partial charge in [0.2, 0.25) is 0 Å². The zero-order valence-electron chi connectivity index (χ0n) is 17.2. The molecule has 0 aromatic heterocycles. The number of nitrogens with one attached hydrogen (secondary N) is 1. The lowest BCUT2D eigenvalue weighted by Gasteiger charge is -2.32. The van der Waals surface area contributed by atoms with Crippen LogP contribution in [0.15, 0.2) is 83.9 Å². The van der Waals surface area contributed by atoms with Gasteiger partial charge in [-0.1, -0.05) is 54.6 Å². The molecule has 5 heteroatoms. The molecule has 1 atom stereocenters. The van der Waals surface area contributed by atoms with Gasteiger partial charge in [0.1, 0.15) is 18.0 Å². The average molecular weight is 402 g/mol. The highest BCUT2D eigenvalue weighted by Crippen LogP contribution is 2.37. The number of para-hydroxylation sites is 2. The normalized spacial score (nSPS) is 15.0. The van der Waals surface area contributed by atoms with Crippen molar-refractivity contribution in [1.82, 2.24) is 5.32 Å². The minimum Gasteiger partial charge on any atom is -0.485 e. The Hall–Kier alpha value is -3.47. The molecule has 0 spiro atoms. The molecule has 0 radical (unpaired) electrons. The predicted octanol–water partition coefficient (Wildman–Crippen LogP) is 4.53. The molecule has 0 amide bonds. The molecule has 0 saturated heterocycles. The van der Waals surface area contributed by atoms with E-state index in [-0.39, 0.29) is 0 Å². The number of anilines is 1. The summed E-state index contributed by atoms with van der Waals surface area (Å²) in [7, 11) is 0. The molecule has 3 N–H and O–H groups in total. The van der Waals surface area contributed by atoms with Gasteiger partial charge in [0.05, 0.1) is 6.54 Å². The highest BCUT2D eigenvalue weighted by Gasteiger charge is 2.32. The first-order valence-electron chi connectivity index (χ1n) is 10.2. The summed E-state index contributed by atoms with van der Waals surface area (Å²) in [5.41, 5.74) is 8.07. The van der Waals surface area contributed by atoms with E-state index >= 15 is 0 Å². The van der Waals surface area contributed by atoms with Crippen LogP contribution in [0.1, 0.15) is 24.5 Å². The molecule has 154 valence electrons. The Labute approximate surface area is 177 Å². The molecule has 1 aliphatic rings. The molecule has 0 saturated carbocycles. The van der Waals surface area contributed by atoms with Gasteiger partial charge in [-0.2, -0.15) is 0 Å². The van der Waals surface area contributed by atoms with E-state index in [0.29, 0.717) is 24.5 Å². The van der Waals surface area contributed by atoms with E-state index in [9.17, 15) is 0 Å². The van der Waals surface area contributed by atoms with E-state index in [0.717, 1.165) is 35.7 Å². The molecule has 30 heavy (non-hydrogen) atoms. The Bertz CT molecular complexity index is 1000. The van der Waals surface area contributed by atoms with Crippen molar-refractivity contribution < 1.29 is 9.47 Å². The first-order valence-corrected chi connectivity index (χ1v) is 10.2. The monoisotopic (exact) mass is 401 g/mol. The largest absolute Gasteiger partial charge is 0.485 e. The maximum Gasteiger partial charge on any atom is 0.162 e. The first kappa shape index (κ1) is 19.8. The number of hydrogen-bond acceptors (Lipinski definition) is 5. The molecule has 0 aliphatic carbocycles. The number of hydrogen-bond donors (Lipinski definition) is 2. The molecular formula is C25H27N3O2. The number of rotatable bonds is 8. The van der Waals surface area contributed by atoms with E-state index in [1.807, 2.05) is 66.7 Å². The summed E-state index contributed by atoms with van der Waals surface area (Å²) in [6.45, 7) is 4.22. The van der Waals surface area contributed by atoms with Crippen LogP contribution in [0.25, 0.3) is 0 Å². The molecule has 0 bridgehead atoms. The molecule has 1 heterocycles. The second kappa shape index (κ2) is 8.91. The summed E-state index contributed by atoms with van der Waals surface area (Å²) in [6, 6.07) is 25.7. The van der Waals surface area contributed by atoms with Crippen LogP contribution in [0.2, 0.25) is 0 Å². The van der Waals surface area contributed by atoms with Crippen LogP contribution in [0.5, 0.6) is 11.5 Å². The molecule has 1 aliphatic heterocycles. The van der Waals surface area contributed by atoms with E-state index in [4.69, 9.17) is 15.2 Å². The van der Waals surface area contributed by atoms with Gasteiger partial charge in [0.15, 0.2) is 11.5 Å². The molecule has 4 rings (SSSR count). The zero-order valence-corrected chi connectivity index (χ0v) is 17.2. The van der Waals surface area contributed by atoms with Crippen LogP contribution < -0.4 is 20.5 Å². The highest BCUT2D eigenvalue weighted by atomic mass is 16.5. The summed E-state index contributed by atoms with van der Waals surface area (Å²) in [5.74, 6) is 2.39. The quantitative estimate of drug-likeness (QED) is 0.544. The average Bonchev–Trinajstić information content (AvgIpc) is 3.27. The maximum atomic E-state index is 6.62. The smallest absolute Gasteiger partial charge is 0.162 e. The number of nitrogens with zero attached hydrogens (tertiary/aromatic N) is 1. The highest BCUT2D eigenvalue weighted by molar-refractivity contribution is 5.84. The zero-order chi connectivity index (χ0) is 20.8. The van der Waals surface area contributed by atoms with Gasteiger partial charge in [-0.3, -0.25) is 4.99 Å². The summed E-state index contributed by atoms with van der Waals surface area (Å²) < 4.78 is 12.7. The standard InChI is InChI=1S/C25H27N3O2/c1-25(17-24-27-15-16-28-24,20-7-3-2-4-8-20)30-23-10-6-5-9-22(23)29-18-19-11-13-21(26)14-12-19/h2-14H,15-18,26H2,1H3,(H,27,28). The van der Waals surface area contributed by atoms with Crippen LogP contribution >= 0.6 is 0 Å². The van der Waals surface area contributed by atoms with E-state index in [2.05, 4.69) is 29.4 Å². The van der Waals surface area contributed by atoms with Gasteiger partial charge in [0, 0.05) is 18.7 Å². The summed E-state index contributed by atoms with van der Waals surface area (Å²) in [4.78, 5) is 4.58. The third-order valence-electron chi connectivity index (χ3n) is 5.19. The summed E-state index contributed by atoms with van der Waals surface area (Å²) in [6.07, 6.45) is 0.656. The molecule has 3 aromatic carbocycles. The topological polar surface area (TPSA) is 68.9 Å². The molecule has 1 unspecified atom stereocenters. The van der Waals surface area contributed by atoms with Crippen LogP contribution in [-0.4, -0.2) is 18.9 Å². The van der Waals surface area contributed by atoms with Crippen molar-refractivity contribution in [2.24, 2.45) is 4.99 Å². The molecule has 3 aromatic rings. The number of ether oxygens (including phenoxy) is 2. The predicted molar refractivity (Wildman–Crippen MR) is 121 cm³/mol. The molecule has 0 fully saturated rings. The van der Waals surface area contributed by atoms with Crippen LogP contribution in [0, 0.1) is 0 Å². The number of nitrogens with two attached hydrogens (primary N) is 1. The van der Waals surface area contributed by atoms with Gasteiger partial charge in [-0.25, -0.2) is 0 Å². The third-order valence-corrected chi connectivity index (χ3v) is 5.19. The van der Waals surface area contributed by atoms with Crippen molar-refractivity contribution in [1.29, 1.82) is 0 Å². The number of nitrogen functional groups attached to an aromatic ring is 1. The van der Waals surface area contributed by atoms with Crippen molar-refractivity contribution in [3.05, 3.63) is 90.0 Å². The van der Waals surface area contributed by atoms with E-state index < -0.39 is 5.60 Å². The van der Waals surface area contributed by atoms with Crippen molar-refractivity contribution in [3.8, 4) is 11.5 Å². The van der Waals surface area contributed by atoms with E-state index in [1.54, 1.807) is 0 Å². The van der Waals surface area contributed by atoms with Gasteiger partial charge < -0.3 is 20.5 Å². The van der Waals surface area contributed by atoms with Gasteiger partial charge >= 0.3 is 0 Å². The van der Waals surface area contributed by atoms with Gasteiger partial charge in [-0.05, 0) is 42.3 Å². The summed E-state index contributed by atoms with van der Waals surface area (Å²) >= 11 is 0. The SMILES string of the molecule is CC(CC1=NCCN1)(Oc1ccccc1OCc1ccc(N)cc1)c1ccccc1. The number of benzene rings is 3. The summed E-state index contributed by atoms with van der Waals surface area (Å²) in [5, 5.41) is 3.36. The van der Waals surface area contributed by atoms with Crippen molar-refractivity contribution in [2.75, 3.05) is 18.8 Å². The van der Waals surface area contributed by atoms with Crippen molar-refractivity contribution in [2.45, 2.75) is 25.6 Å². The molecule has 5 nitrogen and oxygen atoms in total. The Morgan fingerprint density at radius 3 is 2.33 bits per heavy atom. The Kier molecular flexibility index (Phi) is 5.89. The lowest BCUT2D eigenvalue weighted by atomic mass is 9.91. The number of amidine groups is 1. The minimum absolute atomic E-state index is 0.441.